The Morgan fingerprint density at radius 1 is 1.38 bits per heavy atom. The molecule has 128 valence electrons. The number of carbonyl (C=O) groups is 1. The molecular formula is C18H24N4OS. The molecule has 1 heterocycles. The van der Waals surface area contributed by atoms with Gasteiger partial charge in [0.2, 0.25) is 11.1 Å². The second-order valence-corrected chi connectivity index (χ2v) is 7.25. The third-order valence-electron chi connectivity index (χ3n) is 4.42. The van der Waals surface area contributed by atoms with Crippen molar-refractivity contribution in [2.24, 2.45) is 5.92 Å². The fourth-order valence-corrected chi connectivity index (χ4v) is 3.74. The minimum atomic E-state index is -0.0320. The highest BCUT2D eigenvalue weighted by Gasteiger charge is 2.17. The Balaban J connectivity index is 1.46. The molecule has 0 radical (unpaired) electrons. The van der Waals surface area contributed by atoms with E-state index in [-0.39, 0.29) is 5.91 Å². The SMILES string of the molecule is CCc1cccc(NC(=O)CSc2n[nH]c(CC3CCCC3)n2)c1. The van der Waals surface area contributed by atoms with E-state index in [1.54, 1.807) is 0 Å². The van der Waals surface area contributed by atoms with Crippen LogP contribution in [0.3, 0.4) is 0 Å². The van der Waals surface area contributed by atoms with Gasteiger partial charge in [-0.3, -0.25) is 9.89 Å². The van der Waals surface area contributed by atoms with Crippen LogP contribution in [0.25, 0.3) is 0 Å². The molecule has 6 heteroatoms. The number of hydrogen-bond acceptors (Lipinski definition) is 4. The van der Waals surface area contributed by atoms with Crippen molar-refractivity contribution in [3.63, 3.8) is 0 Å². The van der Waals surface area contributed by atoms with Crippen LogP contribution >= 0.6 is 11.8 Å². The van der Waals surface area contributed by atoms with Crippen molar-refractivity contribution in [2.75, 3.05) is 11.1 Å². The summed E-state index contributed by atoms with van der Waals surface area (Å²) in [7, 11) is 0. The van der Waals surface area contributed by atoms with Gasteiger partial charge in [0.25, 0.3) is 0 Å². The molecule has 3 rings (SSSR count). The summed E-state index contributed by atoms with van der Waals surface area (Å²) in [6.45, 7) is 2.10. The van der Waals surface area contributed by atoms with Crippen LogP contribution in [-0.2, 0) is 17.6 Å². The molecule has 1 fully saturated rings. The van der Waals surface area contributed by atoms with E-state index in [1.807, 2.05) is 18.2 Å². The van der Waals surface area contributed by atoms with E-state index in [0.29, 0.717) is 10.9 Å². The van der Waals surface area contributed by atoms with Crippen molar-refractivity contribution in [2.45, 2.75) is 50.6 Å². The van der Waals surface area contributed by atoms with E-state index in [9.17, 15) is 4.79 Å². The standard InChI is InChI=1S/C18H24N4OS/c1-2-13-8-5-9-15(10-13)19-17(23)12-24-18-20-16(21-22-18)11-14-6-3-4-7-14/h5,8-10,14H,2-4,6-7,11-12H2,1H3,(H,19,23)(H,20,21,22). The first-order valence-electron chi connectivity index (χ1n) is 8.66. The number of benzene rings is 1. The first-order chi connectivity index (χ1) is 11.7. The normalized spacial score (nSPS) is 14.9. The van der Waals surface area contributed by atoms with Crippen LogP contribution in [0, 0.1) is 5.92 Å². The Morgan fingerprint density at radius 2 is 2.21 bits per heavy atom. The molecule has 24 heavy (non-hydrogen) atoms. The van der Waals surface area contributed by atoms with Crippen molar-refractivity contribution >= 4 is 23.4 Å². The molecule has 1 aromatic carbocycles. The average Bonchev–Trinajstić information content (AvgIpc) is 3.25. The summed E-state index contributed by atoms with van der Waals surface area (Å²) < 4.78 is 0. The Labute approximate surface area is 147 Å². The molecule has 0 atom stereocenters. The molecule has 0 saturated heterocycles. The number of amides is 1. The number of aromatic amines is 1. The summed E-state index contributed by atoms with van der Waals surface area (Å²) >= 11 is 1.37. The summed E-state index contributed by atoms with van der Waals surface area (Å²) in [6.07, 6.45) is 7.19. The molecular weight excluding hydrogens is 320 g/mol. The summed E-state index contributed by atoms with van der Waals surface area (Å²) in [6, 6.07) is 7.94. The molecule has 0 aliphatic heterocycles. The van der Waals surface area contributed by atoms with Crippen LogP contribution in [0.4, 0.5) is 5.69 Å². The Kier molecular flexibility index (Phi) is 5.91. The number of aromatic nitrogens is 3. The number of nitrogens with one attached hydrogen (secondary N) is 2. The number of nitrogens with zero attached hydrogens (tertiary/aromatic N) is 2. The molecule has 5 nitrogen and oxygen atoms in total. The van der Waals surface area contributed by atoms with E-state index in [2.05, 4.69) is 33.5 Å². The van der Waals surface area contributed by atoms with Crippen LogP contribution in [0.5, 0.6) is 0 Å². The lowest BCUT2D eigenvalue weighted by Crippen LogP contribution is -2.14. The van der Waals surface area contributed by atoms with Gasteiger partial charge < -0.3 is 5.32 Å². The van der Waals surface area contributed by atoms with Crippen LogP contribution < -0.4 is 5.32 Å². The maximum absolute atomic E-state index is 12.1. The minimum Gasteiger partial charge on any atom is -0.325 e. The summed E-state index contributed by atoms with van der Waals surface area (Å²) in [4.78, 5) is 16.6. The van der Waals surface area contributed by atoms with Gasteiger partial charge in [-0.1, -0.05) is 56.5 Å². The molecule has 1 aliphatic rings. The van der Waals surface area contributed by atoms with Gasteiger partial charge in [0, 0.05) is 12.1 Å². The molecule has 0 bridgehead atoms. The maximum Gasteiger partial charge on any atom is 0.234 e. The summed E-state index contributed by atoms with van der Waals surface area (Å²) in [5, 5.41) is 10.8. The van der Waals surface area contributed by atoms with Crippen LogP contribution in [0.15, 0.2) is 29.4 Å². The number of thioether (sulfide) groups is 1. The van der Waals surface area contributed by atoms with Crippen LogP contribution in [0.2, 0.25) is 0 Å². The lowest BCUT2D eigenvalue weighted by molar-refractivity contribution is -0.113. The molecule has 1 aliphatic carbocycles. The monoisotopic (exact) mass is 344 g/mol. The molecule has 2 aromatic rings. The fraction of sp³-hybridized carbons (Fsp3) is 0.500. The molecule has 0 spiro atoms. The Hall–Kier alpha value is -1.82. The first kappa shape index (κ1) is 17.0. The molecule has 2 N–H and O–H groups in total. The zero-order valence-corrected chi connectivity index (χ0v) is 14.9. The maximum atomic E-state index is 12.1. The number of carbonyl (C=O) groups excluding carboxylic acids is 1. The number of anilines is 1. The number of H-pyrrole nitrogens is 1. The van der Waals surface area contributed by atoms with Crippen molar-refractivity contribution in [3.8, 4) is 0 Å². The van der Waals surface area contributed by atoms with Gasteiger partial charge in [-0.15, -0.1) is 5.10 Å². The van der Waals surface area contributed by atoms with Gasteiger partial charge >= 0.3 is 0 Å². The third kappa shape index (κ3) is 4.84. The van der Waals surface area contributed by atoms with E-state index < -0.39 is 0 Å². The second-order valence-electron chi connectivity index (χ2n) is 6.31. The first-order valence-corrected chi connectivity index (χ1v) is 9.64. The van der Waals surface area contributed by atoms with Crippen molar-refractivity contribution in [1.82, 2.24) is 15.2 Å². The highest BCUT2D eigenvalue weighted by molar-refractivity contribution is 7.99. The average molecular weight is 344 g/mol. The second kappa shape index (κ2) is 8.33. The predicted octanol–water partition coefficient (Wildman–Crippen LogP) is 3.83. The van der Waals surface area contributed by atoms with Crippen LogP contribution in [0.1, 0.15) is 44.0 Å². The van der Waals surface area contributed by atoms with Crippen molar-refractivity contribution < 1.29 is 4.79 Å². The molecule has 1 saturated carbocycles. The number of hydrogen-bond donors (Lipinski definition) is 2. The quantitative estimate of drug-likeness (QED) is 0.749. The van der Waals surface area contributed by atoms with Gasteiger partial charge in [0.1, 0.15) is 5.82 Å². The summed E-state index contributed by atoms with van der Waals surface area (Å²) in [5.41, 5.74) is 2.06. The largest absolute Gasteiger partial charge is 0.325 e. The molecule has 0 unspecified atom stereocenters. The zero-order chi connectivity index (χ0) is 16.8. The Bertz CT molecular complexity index is 679. The summed E-state index contributed by atoms with van der Waals surface area (Å²) in [5.74, 6) is 1.97. The third-order valence-corrected chi connectivity index (χ3v) is 5.27. The van der Waals surface area contributed by atoms with E-state index >= 15 is 0 Å². The van der Waals surface area contributed by atoms with Gasteiger partial charge in [0.05, 0.1) is 5.75 Å². The minimum absolute atomic E-state index is 0.0320. The fourth-order valence-electron chi connectivity index (χ4n) is 3.12. The van der Waals surface area contributed by atoms with Crippen molar-refractivity contribution in [1.29, 1.82) is 0 Å². The highest BCUT2D eigenvalue weighted by atomic mass is 32.2. The smallest absolute Gasteiger partial charge is 0.234 e. The van der Waals surface area contributed by atoms with Crippen molar-refractivity contribution in [3.05, 3.63) is 35.7 Å². The van der Waals surface area contributed by atoms with E-state index in [0.717, 1.165) is 30.3 Å². The number of rotatable bonds is 7. The molecule has 1 amide bonds. The van der Waals surface area contributed by atoms with Gasteiger partial charge in [0.15, 0.2) is 0 Å². The topological polar surface area (TPSA) is 70.7 Å². The van der Waals surface area contributed by atoms with E-state index in [1.165, 1.54) is 43.0 Å². The lowest BCUT2D eigenvalue weighted by atomic mass is 10.0. The number of aryl methyl sites for hydroxylation is 1. The zero-order valence-electron chi connectivity index (χ0n) is 14.0. The predicted molar refractivity (Wildman–Crippen MR) is 97.2 cm³/mol. The van der Waals surface area contributed by atoms with Gasteiger partial charge in [-0.05, 0) is 30.0 Å². The van der Waals surface area contributed by atoms with Crippen LogP contribution in [-0.4, -0.2) is 26.8 Å². The van der Waals surface area contributed by atoms with Gasteiger partial charge in [-0.25, -0.2) is 4.98 Å². The van der Waals surface area contributed by atoms with Gasteiger partial charge in [-0.2, -0.15) is 0 Å². The van der Waals surface area contributed by atoms with E-state index in [4.69, 9.17) is 0 Å². The molecule has 1 aromatic heterocycles. The highest BCUT2D eigenvalue weighted by Crippen LogP contribution is 2.27. The lowest BCUT2D eigenvalue weighted by Gasteiger charge is -2.05. The Morgan fingerprint density at radius 3 is 3.00 bits per heavy atom.